The van der Waals surface area contributed by atoms with Crippen molar-refractivity contribution in [1.82, 2.24) is 0 Å². The molecule has 0 aliphatic carbocycles. The van der Waals surface area contributed by atoms with Gasteiger partial charge in [-0.3, -0.25) is 0 Å². The van der Waals surface area contributed by atoms with Gasteiger partial charge in [-0.25, -0.2) is 0 Å². The molecule has 6 rings (SSSR count). The molecule has 0 spiro atoms. The van der Waals surface area contributed by atoms with Crippen molar-refractivity contribution in [3.63, 3.8) is 0 Å². The topological polar surface area (TPSA) is 27.7 Å². The first kappa shape index (κ1) is 12.4. The van der Waals surface area contributed by atoms with Gasteiger partial charge in [-0.1, -0.05) is 0 Å². The van der Waals surface area contributed by atoms with Gasteiger partial charge in [-0.2, -0.15) is 0 Å². The van der Waals surface area contributed by atoms with Gasteiger partial charge >= 0.3 is 140 Å². The van der Waals surface area contributed by atoms with Crippen molar-refractivity contribution in [1.29, 1.82) is 0 Å². The maximum atomic E-state index is 6.16. The molecular weight excluding hydrogens is 374 g/mol. The van der Waals surface area contributed by atoms with Gasteiger partial charge in [0, 0.05) is 0 Å². The van der Waals surface area contributed by atoms with Crippen LogP contribution in [0.3, 0.4) is 0 Å². The molecule has 0 aromatic heterocycles. The molecular formula is C18H9O3PSe. The standard InChI is InChI=1S/C18H9O3PSe/c23-22-16-10-4-1-5-11(16)20-13-7-3-9-15(18(13)22)21-14-8-2-6-12(19-10)17(14)22/h1-9H. The average Bonchev–Trinajstić information content (AvgIpc) is 2.54. The summed E-state index contributed by atoms with van der Waals surface area (Å²) in [4.78, 5) is 0. The molecule has 3 nitrogen and oxygen atoms in total. The third-order valence-corrected chi connectivity index (χ3v) is 11.1. The SMILES string of the molecule is [Se]=P12c3c4cccc3Oc3cccc(c31)Oc1cccc(c12)O4. The fourth-order valence-electron chi connectivity index (χ4n) is 3.62. The predicted octanol–water partition coefficient (Wildman–Crippen LogP) is 3.38. The van der Waals surface area contributed by atoms with E-state index in [-0.39, 0.29) is 0 Å². The van der Waals surface area contributed by atoms with Crippen LogP contribution in [-0.2, 0) is 0 Å². The molecule has 0 fully saturated rings. The Morgan fingerprint density at radius 1 is 0.522 bits per heavy atom. The van der Waals surface area contributed by atoms with Gasteiger partial charge in [0.15, 0.2) is 0 Å². The van der Waals surface area contributed by atoms with E-state index in [1.165, 1.54) is 0 Å². The van der Waals surface area contributed by atoms with Crippen LogP contribution in [0.5, 0.6) is 34.5 Å². The molecule has 3 aliphatic heterocycles. The number of hydrogen-bond acceptors (Lipinski definition) is 3. The Labute approximate surface area is 140 Å². The Morgan fingerprint density at radius 3 is 1.04 bits per heavy atom. The van der Waals surface area contributed by atoms with Crippen molar-refractivity contribution in [2.45, 2.75) is 0 Å². The maximum absolute atomic E-state index is 6.16. The van der Waals surface area contributed by atoms with E-state index < -0.39 is 5.51 Å². The summed E-state index contributed by atoms with van der Waals surface area (Å²) in [5, 5.41) is 3.43. The third kappa shape index (κ3) is 1.32. The molecule has 0 saturated heterocycles. The minimum absolute atomic E-state index is 0.876. The van der Waals surface area contributed by atoms with E-state index in [0.29, 0.717) is 0 Å². The first-order chi connectivity index (χ1) is 11.3. The average molecular weight is 383 g/mol. The normalized spacial score (nSPS) is 16.5. The predicted molar refractivity (Wildman–Crippen MR) is 91.1 cm³/mol. The monoisotopic (exact) mass is 384 g/mol. The molecule has 0 amide bonds. The first-order valence-electron chi connectivity index (χ1n) is 7.31. The van der Waals surface area contributed by atoms with Crippen molar-refractivity contribution < 1.29 is 14.2 Å². The fraction of sp³-hybridized carbons (Fsp3) is 0. The molecule has 23 heavy (non-hydrogen) atoms. The van der Waals surface area contributed by atoms with E-state index in [2.05, 4.69) is 15.1 Å². The van der Waals surface area contributed by atoms with Crippen LogP contribution in [0.4, 0.5) is 0 Å². The molecule has 3 aromatic rings. The molecule has 3 aliphatic rings. The Morgan fingerprint density at radius 2 is 0.783 bits per heavy atom. The third-order valence-electron chi connectivity index (χ3n) is 4.49. The Bertz CT molecular complexity index is 892. The van der Waals surface area contributed by atoms with Gasteiger partial charge < -0.3 is 0 Å². The van der Waals surface area contributed by atoms with E-state index in [1.54, 1.807) is 0 Å². The summed E-state index contributed by atoms with van der Waals surface area (Å²) in [5.41, 5.74) is -1.93. The zero-order valence-electron chi connectivity index (χ0n) is 11.8. The zero-order valence-corrected chi connectivity index (χ0v) is 14.4. The first-order valence-corrected chi connectivity index (χ1v) is 11.3. The molecule has 5 heteroatoms. The van der Waals surface area contributed by atoms with E-state index in [0.717, 1.165) is 50.4 Å². The Hall–Kier alpha value is -1.99. The molecule has 0 N–H and O–H groups in total. The summed E-state index contributed by atoms with van der Waals surface area (Å²) in [6.45, 7) is 0. The van der Waals surface area contributed by atoms with Crippen LogP contribution in [0, 0.1) is 0 Å². The minimum atomic E-state index is -1.93. The molecule has 0 unspecified atom stereocenters. The van der Waals surface area contributed by atoms with Gasteiger partial charge in [-0.05, 0) is 0 Å². The van der Waals surface area contributed by atoms with Crippen LogP contribution in [0.1, 0.15) is 0 Å². The van der Waals surface area contributed by atoms with Gasteiger partial charge in [0.1, 0.15) is 0 Å². The second-order valence-electron chi connectivity index (χ2n) is 5.72. The van der Waals surface area contributed by atoms with Crippen LogP contribution in [0.15, 0.2) is 54.6 Å². The number of hydrogen-bond donors (Lipinski definition) is 0. The molecule has 0 radical (unpaired) electrons. The van der Waals surface area contributed by atoms with Crippen LogP contribution in [0.25, 0.3) is 0 Å². The van der Waals surface area contributed by atoms with Crippen molar-refractivity contribution >= 4 is 36.5 Å². The summed E-state index contributed by atoms with van der Waals surface area (Å²) in [5.74, 6) is 5.26. The van der Waals surface area contributed by atoms with Crippen molar-refractivity contribution in [2.24, 2.45) is 0 Å². The van der Waals surface area contributed by atoms with Crippen molar-refractivity contribution in [3.05, 3.63) is 54.6 Å². The van der Waals surface area contributed by atoms with E-state index in [9.17, 15) is 0 Å². The van der Waals surface area contributed by atoms with Crippen molar-refractivity contribution in [3.8, 4) is 34.5 Å². The summed E-state index contributed by atoms with van der Waals surface area (Å²) >= 11 is 3.56. The second-order valence-corrected chi connectivity index (χ2v) is 11.7. The fourth-order valence-corrected chi connectivity index (χ4v) is 10.3. The van der Waals surface area contributed by atoms with Crippen LogP contribution < -0.4 is 30.1 Å². The van der Waals surface area contributed by atoms with E-state index in [4.69, 9.17) is 14.2 Å². The zero-order chi connectivity index (χ0) is 15.2. The Balaban J connectivity index is 1.88. The van der Waals surface area contributed by atoms with Gasteiger partial charge in [-0.15, -0.1) is 0 Å². The van der Waals surface area contributed by atoms with Crippen molar-refractivity contribution in [2.75, 3.05) is 0 Å². The summed E-state index contributed by atoms with van der Waals surface area (Å²) in [7, 11) is 0. The summed E-state index contributed by atoms with van der Waals surface area (Å²) in [6, 6.07) is 18.0. The van der Waals surface area contributed by atoms with E-state index in [1.807, 2.05) is 54.6 Å². The molecule has 110 valence electrons. The number of ether oxygens (including phenoxy) is 3. The molecule has 3 heterocycles. The molecule has 0 bridgehead atoms. The quantitative estimate of drug-likeness (QED) is 0.297. The van der Waals surface area contributed by atoms with Gasteiger partial charge in [0.2, 0.25) is 0 Å². The van der Waals surface area contributed by atoms with Gasteiger partial charge in [0.05, 0.1) is 0 Å². The van der Waals surface area contributed by atoms with Crippen LogP contribution >= 0.6 is 5.51 Å². The number of benzene rings is 3. The summed E-state index contributed by atoms with van der Waals surface area (Å²) < 4.78 is 18.5. The number of rotatable bonds is 0. The van der Waals surface area contributed by atoms with Crippen LogP contribution in [0.2, 0.25) is 0 Å². The van der Waals surface area contributed by atoms with E-state index >= 15 is 0 Å². The second kappa shape index (κ2) is 3.91. The molecule has 0 atom stereocenters. The molecule has 3 aromatic carbocycles. The Kier molecular flexibility index (Phi) is 2.11. The molecule has 0 saturated carbocycles. The van der Waals surface area contributed by atoms with Crippen LogP contribution in [-0.4, -0.2) is 15.1 Å². The van der Waals surface area contributed by atoms with Gasteiger partial charge in [0.25, 0.3) is 0 Å². The summed E-state index contributed by atoms with van der Waals surface area (Å²) in [6.07, 6.45) is 0.